The topological polar surface area (TPSA) is 86.3 Å². The van der Waals surface area contributed by atoms with Gasteiger partial charge in [-0.05, 0) is 32.4 Å². The predicted octanol–water partition coefficient (Wildman–Crippen LogP) is 4.21. The number of benzene rings is 1. The lowest BCUT2D eigenvalue weighted by Gasteiger charge is -2.33. The zero-order valence-electron chi connectivity index (χ0n) is 15.9. The van der Waals surface area contributed by atoms with Crippen LogP contribution >= 0.6 is 0 Å². The van der Waals surface area contributed by atoms with E-state index in [1.807, 2.05) is 25.1 Å². The van der Waals surface area contributed by atoms with Crippen molar-refractivity contribution in [2.75, 3.05) is 18.6 Å². The largest absolute Gasteiger partial charge is 0.515 e. The number of allylic oxidation sites excluding steroid dienone is 2. The molecule has 1 aromatic rings. The number of ether oxygens (including phenoxy) is 4. The molecular formula is C19H24N2O6. The number of rotatable bonds is 6. The Morgan fingerprint density at radius 2 is 1.59 bits per heavy atom. The van der Waals surface area contributed by atoms with Crippen molar-refractivity contribution in [1.29, 1.82) is 0 Å². The van der Waals surface area contributed by atoms with Gasteiger partial charge in [0.2, 0.25) is 11.8 Å². The van der Waals surface area contributed by atoms with Gasteiger partial charge in [-0.1, -0.05) is 31.5 Å². The fraction of sp³-hybridized carbons (Fsp3) is 0.368. The molecule has 0 fully saturated rings. The Bertz CT molecular complexity index is 742. The number of para-hydroxylation sites is 1. The minimum Gasteiger partial charge on any atom is -0.437 e. The maximum absolute atomic E-state index is 12.1. The smallest absolute Gasteiger partial charge is 0.437 e. The Labute approximate surface area is 158 Å². The van der Waals surface area contributed by atoms with Crippen molar-refractivity contribution in [2.24, 2.45) is 0 Å². The molecular weight excluding hydrogens is 352 g/mol. The summed E-state index contributed by atoms with van der Waals surface area (Å²) >= 11 is 0. The number of anilines is 1. The van der Waals surface area contributed by atoms with E-state index in [2.05, 4.69) is 10.1 Å². The van der Waals surface area contributed by atoms with Gasteiger partial charge in [0.15, 0.2) is 0 Å². The maximum Gasteiger partial charge on any atom is 0.515 e. The molecule has 0 amide bonds. The van der Waals surface area contributed by atoms with E-state index in [4.69, 9.17) is 14.2 Å². The van der Waals surface area contributed by atoms with Crippen LogP contribution in [0.3, 0.4) is 0 Å². The third kappa shape index (κ3) is 5.16. The first-order chi connectivity index (χ1) is 13.0. The van der Waals surface area contributed by atoms with E-state index in [0.717, 1.165) is 12.8 Å². The molecule has 0 saturated carbocycles. The van der Waals surface area contributed by atoms with Crippen LogP contribution in [0.2, 0.25) is 0 Å². The molecule has 146 valence electrons. The standard InChI is InChI=1S/C19H24N2O6/c1-5-6-12-25-19(23)27-17-14(3)20-13(2)16(26-18(22)24-4)21(17)15-10-8-7-9-11-15/h7-11,20H,5-6,12H2,1-4H3. The molecule has 8 heteroatoms. The zero-order chi connectivity index (χ0) is 19.8. The highest BCUT2D eigenvalue weighted by Gasteiger charge is 2.32. The zero-order valence-corrected chi connectivity index (χ0v) is 15.9. The highest BCUT2D eigenvalue weighted by molar-refractivity contribution is 5.68. The summed E-state index contributed by atoms with van der Waals surface area (Å²) < 4.78 is 20.4. The molecule has 1 aliphatic rings. The van der Waals surface area contributed by atoms with Gasteiger partial charge in [-0.25, -0.2) is 14.5 Å². The third-order valence-corrected chi connectivity index (χ3v) is 3.68. The Morgan fingerprint density at radius 1 is 1.00 bits per heavy atom. The van der Waals surface area contributed by atoms with Gasteiger partial charge in [-0.15, -0.1) is 0 Å². The van der Waals surface area contributed by atoms with E-state index >= 15 is 0 Å². The normalized spacial score (nSPS) is 13.9. The lowest BCUT2D eigenvalue weighted by atomic mass is 10.2. The first kappa shape index (κ1) is 20.2. The predicted molar refractivity (Wildman–Crippen MR) is 98.3 cm³/mol. The van der Waals surface area contributed by atoms with Crippen LogP contribution in [0.4, 0.5) is 15.3 Å². The second-order valence-corrected chi connectivity index (χ2v) is 5.77. The summed E-state index contributed by atoms with van der Waals surface area (Å²) in [4.78, 5) is 25.3. The van der Waals surface area contributed by atoms with E-state index in [-0.39, 0.29) is 18.4 Å². The van der Waals surface area contributed by atoms with Crippen LogP contribution < -0.4 is 10.2 Å². The van der Waals surface area contributed by atoms with Crippen LogP contribution in [-0.2, 0) is 18.9 Å². The first-order valence-corrected chi connectivity index (χ1v) is 8.62. The van der Waals surface area contributed by atoms with E-state index in [9.17, 15) is 9.59 Å². The summed E-state index contributed by atoms with van der Waals surface area (Å²) in [5.74, 6) is 0.280. The van der Waals surface area contributed by atoms with Gasteiger partial charge in [0.25, 0.3) is 0 Å². The molecule has 0 bridgehead atoms. The van der Waals surface area contributed by atoms with Crippen molar-refractivity contribution in [2.45, 2.75) is 33.6 Å². The van der Waals surface area contributed by atoms with Crippen molar-refractivity contribution in [1.82, 2.24) is 5.32 Å². The van der Waals surface area contributed by atoms with Gasteiger partial charge in [0, 0.05) is 0 Å². The van der Waals surface area contributed by atoms with Crippen LogP contribution in [0.5, 0.6) is 0 Å². The number of nitrogens with zero attached hydrogens (tertiary/aromatic N) is 1. The molecule has 0 spiro atoms. The number of unbranched alkanes of at least 4 members (excludes halogenated alkanes) is 1. The molecule has 2 rings (SSSR count). The van der Waals surface area contributed by atoms with Crippen molar-refractivity contribution < 1.29 is 28.5 Å². The summed E-state index contributed by atoms with van der Waals surface area (Å²) in [6.07, 6.45) is -0.0936. The van der Waals surface area contributed by atoms with Crippen LogP contribution in [0.25, 0.3) is 0 Å². The summed E-state index contributed by atoms with van der Waals surface area (Å²) in [6, 6.07) is 9.06. The average Bonchev–Trinajstić information content (AvgIpc) is 2.66. The third-order valence-electron chi connectivity index (χ3n) is 3.68. The first-order valence-electron chi connectivity index (χ1n) is 8.62. The Morgan fingerprint density at radius 3 is 2.15 bits per heavy atom. The molecule has 0 aromatic heterocycles. The molecule has 0 unspecified atom stereocenters. The average molecular weight is 376 g/mol. The number of hydrogen-bond acceptors (Lipinski definition) is 8. The van der Waals surface area contributed by atoms with E-state index in [1.54, 1.807) is 26.0 Å². The molecule has 0 radical (unpaired) electrons. The monoisotopic (exact) mass is 376 g/mol. The highest BCUT2D eigenvalue weighted by atomic mass is 16.7. The van der Waals surface area contributed by atoms with Gasteiger partial charge in [0.1, 0.15) is 0 Å². The van der Waals surface area contributed by atoms with Crippen molar-refractivity contribution in [3.8, 4) is 0 Å². The molecule has 1 aromatic carbocycles. The van der Waals surface area contributed by atoms with Crippen molar-refractivity contribution in [3.05, 3.63) is 53.5 Å². The fourth-order valence-electron chi connectivity index (χ4n) is 2.40. The fourth-order valence-corrected chi connectivity index (χ4v) is 2.40. The highest BCUT2D eigenvalue weighted by Crippen LogP contribution is 2.32. The van der Waals surface area contributed by atoms with Gasteiger partial charge in [0.05, 0.1) is 30.8 Å². The van der Waals surface area contributed by atoms with Crippen molar-refractivity contribution >= 4 is 18.0 Å². The molecule has 0 atom stereocenters. The molecule has 27 heavy (non-hydrogen) atoms. The Balaban J connectivity index is 2.35. The van der Waals surface area contributed by atoms with Gasteiger partial charge < -0.3 is 24.3 Å². The minimum absolute atomic E-state index is 0.134. The quantitative estimate of drug-likeness (QED) is 0.584. The Hall–Kier alpha value is -3.16. The van der Waals surface area contributed by atoms with Crippen molar-refractivity contribution in [3.63, 3.8) is 0 Å². The summed E-state index contributed by atoms with van der Waals surface area (Å²) in [5.41, 5.74) is 1.74. The van der Waals surface area contributed by atoms with Crippen LogP contribution in [0.15, 0.2) is 53.5 Å². The lowest BCUT2D eigenvalue weighted by molar-refractivity contribution is 0.0693. The lowest BCUT2D eigenvalue weighted by Crippen LogP contribution is -2.37. The summed E-state index contributed by atoms with van der Waals surface area (Å²) in [5, 5.41) is 3.03. The molecule has 8 nitrogen and oxygen atoms in total. The van der Waals surface area contributed by atoms with Gasteiger partial charge in [-0.3, -0.25) is 0 Å². The second-order valence-electron chi connectivity index (χ2n) is 5.77. The number of carbonyl (C=O) groups is 2. The molecule has 0 aliphatic carbocycles. The molecule has 1 heterocycles. The van der Waals surface area contributed by atoms with E-state index in [0.29, 0.717) is 17.1 Å². The number of nitrogens with one attached hydrogen (secondary N) is 1. The van der Waals surface area contributed by atoms with E-state index in [1.165, 1.54) is 12.0 Å². The van der Waals surface area contributed by atoms with E-state index < -0.39 is 12.3 Å². The van der Waals surface area contributed by atoms with Gasteiger partial charge in [-0.2, -0.15) is 0 Å². The summed E-state index contributed by atoms with van der Waals surface area (Å²) in [6.45, 7) is 5.73. The van der Waals surface area contributed by atoms with Gasteiger partial charge >= 0.3 is 12.3 Å². The maximum atomic E-state index is 12.1. The van der Waals surface area contributed by atoms with Crippen LogP contribution in [0.1, 0.15) is 33.6 Å². The number of methoxy groups -OCH3 is 1. The SMILES string of the molecule is CCCCOC(=O)OC1=C(C)NC(C)=C(OC(=O)OC)N1c1ccccc1. The molecule has 1 aliphatic heterocycles. The number of hydrogen-bond donors (Lipinski definition) is 1. The van der Waals surface area contributed by atoms with Crippen LogP contribution in [-0.4, -0.2) is 26.0 Å². The van der Waals surface area contributed by atoms with Crippen LogP contribution in [0, 0.1) is 0 Å². The molecule has 1 N–H and O–H groups in total. The Kier molecular flexibility index (Phi) is 7.10. The summed E-state index contributed by atoms with van der Waals surface area (Å²) in [7, 11) is 1.21. The second kappa shape index (κ2) is 9.51. The number of carbonyl (C=O) groups excluding carboxylic acids is 2. The minimum atomic E-state index is -0.892. The molecule has 0 saturated heterocycles.